The molecule has 0 spiro atoms. The van der Waals surface area contributed by atoms with Crippen LogP contribution in [0.3, 0.4) is 0 Å². The van der Waals surface area contributed by atoms with E-state index in [1.54, 1.807) is 0 Å². The Morgan fingerprint density at radius 2 is 1.50 bits per heavy atom. The lowest BCUT2D eigenvalue weighted by Gasteiger charge is -2.13. The molecule has 0 saturated carbocycles. The van der Waals surface area contributed by atoms with Gasteiger partial charge in [0.15, 0.2) is 0 Å². The molecule has 0 saturated heterocycles. The fourth-order valence-electron chi connectivity index (χ4n) is 1.15. The van der Waals surface area contributed by atoms with Crippen LogP contribution < -0.4 is 0 Å². The standard InChI is InChI=1S/C8H20P2/c1-3-6-10(7-4-2)8-5-9/h3-9H2,1-2H3. The smallest absolute Gasteiger partial charge is 0.0291 e. The van der Waals surface area contributed by atoms with E-state index in [1.165, 1.54) is 37.5 Å². The van der Waals surface area contributed by atoms with Crippen LogP contribution in [0.5, 0.6) is 0 Å². The molecule has 0 amide bonds. The molecule has 10 heavy (non-hydrogen) atoms. The van der Waals surface area contributed by atoms with Gasteiger partial charge in [-0.25, -0.2) is 0 Å². The van der Waals surface area contributed by atoms with Crippen molar-refractivity contribution in [3.8, 4) is 0 Å². The zero-order chi connectivity index (χ0) is 7.82. The molecule has 0 rings (SSSR count). The van der Waals surface area contributed by atoms with Crippen LogP contribution in [0.15, 0.2) is 0 Å². The Labute approximate surface area is 69.1 Å². The largest absolute Gasteiger partial charge is 0.137 e. The van der Waals surface area contributed by atoms with Crippen molar-refractivity contribution in [3.63, 3.8) is 0 Å². The van der Waals surface area contributed by atoms with Crippen molar-refractivity contribution in [3.05, 3.63) is 0 Å². The summed E-state index contributed by atoms with van der Waals surface area (Å²) in [5.74, 6) is 0. The van der Waals surface area contributed by atoms with Gasteiger partial charge in [-0.3, -0.25) is 0 Å². The lowest BCUT2D eigenvalue weighted by molar-refractivity contribution is 1.05. The topological polar surface area (TPSA) is 0 Å². The highest BCUT2D eigenvalue weighted by atomic mass is 31.1. The van der Waals surface area contributed by atoms with E-state index in [-0.39, 0.29) is 0 Å². The summed E-state index contributed by atoms with van der Waals surface area (Å²) < 4.78 is 0. The van der Waals surface area contributed by atoms with Gasteiger partial charge in [0.2, 0.25) is 0 Å². The second-order valence-corrected chi connectivity index (χ2v) is 5.89. The van der Waals surface area contributed by atoms with Crippen LogP contribution in [0.2, 0.25) is 0 Å². The van der Waals surface area contributed by atoms with E-state index in [9.17, 15) is 0 Å². The fourth-order valence-corrected chi connectivity index (χ4v) is 4.55. The Morgan fingerprint density at radius 1 is 1.00 bits per heavy atom. The third-order valence-corrected chi connectivity index (χ3v) is 5.35. The average molecular weight is 178 g/mol. The summed E-state index contributed by atoms with van der Waals surface area (Å²) in [7, 11) is 3.26. The highest BCUT2D eigenvalue weighted by molar-refractivity contribution is 7.58. The maximum absolute atomic E-state index is 2.84. The molecule has 2 heteroatoms. The van der Waals surface area contributed by atoms with Crippen LogP contribution in [0.1, 0.15) is 26.7 Å². The van der Waals surface area contributed by atoms with Crippen LogP contribution in [0.25, 0.3) is 0 Å². The van der Waals surface area contributed by atoms with Gasteiger partial charge in [-0.15, -0.1) is 17.2 Å². The van der Waals surface area contributed by atoms with Crippen molar-refractivity contribution < 1.29 is 0 Å². The summed E-state index contributed by atoms with van der Waals surface area (Å²) >= 11 is 0. The fraction of sp³-hybridized carbons (Fsp3) is 1.00. The number of hydrogen-bond donors (Lipinski definition) is 0. The highest BCUT2D eigenvalue weighted by Gasteiger charge is 2.02. The molecular formula is C8H20P2. The first-order valence-corrected chi connectivity index (χ1v) is 6.99. The SMILES string of the molecule is CCCP(CCC)CCP. The molecule has 1 atom stereocenters. The minimum absolute atomic E-state index is 0.418. The van der Waals surface area contributed by atoms with Gasteiger partial charge in [0.25, 0.3) is 0 Å². The zero-order valence-corrected chi connectivity index (χ0v) is 9.32. The number of rotatable bonds is 6. The first-order valence-electron chi connectivity index (χ1n) is 4.27. The molecule has 0 aromatic carbocycles. The van der Waals surface area contributed by atoms with Crippen LogP contribution in [-0.2, 0) is 0 Å². The second-order valence-electron chi connectivity index (χ2n) is 2.63. The monoisotopic (exact) mass is 178 g/mol. The van der Waals surface area contributed by atoms with Crippen molar-refractivity contribution >= 4 is 17.2 Å². The molecule has 0 aliphatic heterocycles. The van der Waals surface area contributed by atoms with Gasteiger partial charge >= 0.3 is 0 Å². The second kappa shape index (κ2) is 7.96. The van der Waals surface area contributed by atoms with E-state index < -0.39 is 0 Å². The lowest BCUT2D eigenvalue weighted by Crippen LogP contribution is -1.94. The van der Waals surface area contributed by atoms with Gasteiger partial charge in [0, 0.05) is 0 Å². The quantitative estimate of drug-likeness (QED) is 0.548. The molecule has 0 aromatic heterocycles. The maximum atomic E-state index is 2.84. The average Bonchev–Trinajstić information content (AvgIpc) is 1.90. The minimum atomic E-state index is 0.418. The molecule has 0 bridgehead atoms. The Hall–Kier alpha value is 0.860. The minimum Gasteiger partial charge on any atom is -0.137 e. The van der Waals surface area contributed by atoms with Crippen LogP contribution in [0.4, 0.5) is 0 Å². The molecule has 0 nitrogen and oxygen atoms in total. The van der Waals surface area contributed by atoms with E-state index in [0.29, 0.717) is 7.92 Å². The predicted molar refractivity (Wildman–Crippen MR) is 56.7 cm³/mol. The highest BCUT2D eigenvalue weighted by Crippen LogP contribution is 2.36. The summed E-state index contributed by atoms with van der Waals surface area (Å²) in [5.41, 5.74) is 0. The van der Waals surface area contributed by atoms with Gasteiger partial charge in [-0.1, -0.05) is 26.7 Å². The van der Waals surface area contributed by atoms with Gasteiger partial charge < -0.3 is 0 Å². The molecular weight excluding hydrogens is 158 g/mol. The van der Waals surface area contributed by atoms with Gasteiger partial charge in [0.05, 0.1) is 0 Å². The zero-order valence-electron chi connectivity index (χ0n) is 7.27. The molecule has 0 aromatic rings. The van der Waals surface area contributed by atoms with E-state index in [0.717, 1.165) is 0 Å². The van der Waals surface area contributed by atoms with E-state index in [4.69, 9.17) is 0 Å². The van der Waals surface area contributed by atoms with E-state index >= 15 is 0 Å². The van der Waals surface area contributed by atoms with Gasteiger partial charge in [0.1, 0.15) is 0 Å². The van der Waals surface area contributed by atoms with Gasteiger partial charge in [-0.2, -0.15) is 0 Å². The molecule has 0 N–H and O–H groups in total. The summed E-state index contributed by atoms with van der Waals surface area (Å²) in [4.78, 5) is 0. The van der Waals surface area contributed by atoms with Crippen molar-refractivity contribution in [1.82, 2.24) is 0 Å². The third kappa shape index (κ3) is 5.63. The van der Waals surface area contributed by atoms with E-state index in [1.807, 2.05) is 0 Å². The Morgan fingerprint density at radius 3 is 1.80 bits per heavy atom. The molecule has 0 aliphatic rings. The van der Waals surface area contributed by atoms with E-state index in [2.05, 4.69) is 23.1 Å². The molecule has 0 radical (unpaired) electrons. The molecule has 0 aliphatic carbocycles. The lowest BCUT2D eigenvalue weighted by atomic mass is 10.6. The summed E-state index contributed by atoms with van der Waals surface area (Å²) in [6.45, 7) is 4.60. The summed E-state index contributed by atoms with van der Waals surface area (Å²) in [6, 6.07) is 0. The van der Waals surface area contributed by atoms with Crippen molar-refractivity contribution in [2.45, 2.75) is 26.7 Å². The number of hydrogen-bond acceptors (Lipinski definition) is 0. The first kappa shape index (κ1) is 10.9. The summed E-state index contributed by atoms with van der Waals surface area (Å²) in [6.07, 6.45) is 8.55. The van der Waals surface area contributed by atoms with Gasteiger partial charge in [-0.05, 0) is 24.6 Å². The molecule has 62 valence electrons. The molecule has 0 heterocycles. The molecule has 0 fully saturated rings. The maximum Gasteiger partial charge on any atom is -0.0291 e. The van der Waals surface area contributed by atoms with Crippen LogP contribution in [0, 0.1) is 0 Å². The first-order chi connectivity index (χ1) is 4.85. The van der Waals surface area contributed by atoms with Crippen molar-refractivity contribution in [2.75, 3.05) is 24.6 Å². The summed E-state index contributed by atoms with van der Waals surface area (Å²) in [5, 5.41) is 0. The Bertz CT molecular complexity index is 50.0. The van der Waals surface area contributed by atoms with Crippen molar-refractivity contribution in [2.24, 2.45) is 0 Å². The Balaban J connectivity index is 3.30. The Kier molecular flexibility index (Phi) is 8.65. The predicted octanol–water partition coefficient (Wildman–Crippen LogP) is 3.16. The third-order valence-electron chi connectivity index (χ3n) is 1.52. The van der Waals surface area contributed by atoms with Crippen LogP contribution >= 0.6 is 17.2 Å². The van der Waals surface area contributed by atoms with Crippen molar-refractivity contribution in [1.29, 1.82) is 0 Å². The van der Waals surface area contributed by atoms with Crippen LogP contribution in [-0.4, -0.2) is 24.6 Å². The molecule has 1 unspecified atom stereocenters. The normalized spacial score (nSPS) is 10.8.